The number of nitrogens with zero attached hydrogens (tertiary/aromatic N) is 1. The van der Waals surface area contributed by atoms with E-state index >= 15 is 0 Å². The maximum Gasteiger partial charge on any atom is 0.309 e. The molecule has 7 heteroatoms. The second-order valence-electron chi connectivity index (χ2n) is 4.28. The Morgan fingerprint density at radius 2 is 2.06 bits per heavy atom. The predicted molar refractivity (Wildman–Crippen MR) is 68.4 cm³/mol. The first kappa shape index (κ1) is 13.9. The van der Waals surface area contributed by atoms with E-state index < -0.39 is 11.8 Å². The van der Waals surface area contributed by atoms with Crippen LogP contribution in [0.5, 0.6) is 0 Å². The van der Waals surface area contributed by atoms with Gasteiger partial charge in [0.25, 0.3) is 0 Å². The summed E-state index contributed by atoms with van der Waals surface area (Å²) in [7, 11) is 2.04. The third-order valence-corrected chi connectivity index (χ3v) is 2.81. The molecule has 4 N–H and O–H groups in total. The van der Waals surface area contributed by atoms with Gasteiger partial charge in [-0.05, 0) is 25.9 Å². The second kappa shape index (κ2) is 6.51. The number of likely N-dealkylation sites (tertiary alicyclic amines) is 1. The van der Waals surface area contributed by atoms with Gasteiger partial charge in [-0.2, -0.15) is 0 Å². The van der Waals surface area contributed by atoms with Gasteiger partial charge in [0.15, 0.2) is 0 Å². The first-order valence-corrected chi connectivity index (χ1v) is 5.92. The number of thiocarbonyl (C=S) groups is 1. The van der Waals surface area contributed by atoms with Gasteiger partial charge < -0.3 is 21.3 Å². The molecule has 1 atom stereocenters. The third-order valence-electron chi connectivity index (χ3n) is 2.67. The molecule has 17 heavy (non-hydrogen) atoms. The van der Waals surface area contributed by atoms with Crippen LogP contribution in [-0.4, -0.2) is 54.9 Å². The summed E-state index contributed by atoms with van der Waals surface area (Å²) in [5.74, 6) is -0.896. The first-order valence-electron chi connectivity index (χ1n) is 5.52. The lowest BCUT2D eigenvalue weighted by Gasteiger charge is -2.11. The molecule has 0 bridgehead atoms. The fourth-order valence-electron chi connectivity index (χ4n) is 1.76. The van der Waals surface area contributed by atoms with Crippen molar-refractivity contribution in [3.8, 4) is 0 Å². The highest BCUT2D eigenvalue weighted by Crippen LogP contribution is 2.12. The number of carbonyl (C=O) groups excluding carboxylic acids is 2. The van der Waals surface area contributed by atoms with Gasteiger partial charge >= 0.3 is 11.8 Å². The Kier molecular flexibility index (Phi) is 5.30. The topological polar surface area (TPSA) is 87.5 Å². The van der Waals surface area contributed by atoms with Gasteiger partial charge in [0.05, 0.1) is 11.5 Å². The van der Waals surface area contributed by atoms with E-state index in [0.717, 1.165) is 19.5 Å². The Bertz CT molecular complexity index is 321. The molecule has 0 aromatic carbocycles. The van der Waals surface area contributed by atoms with Crippen LogP contribution in [0, 0.1) is 5.92 Å². The fourth-order valence-corrected chi connectivity index (χ4v) is 1.83. The molecular formula is C10H18N4O2S. The van der Waals surface area contributed by atoms with E-state index in [-0.39, 0.29) is 11.5 Å². The molecule has 6 nitrogen and oxygen atoms in total. The summed E-state index contributed by atoms with van der Waals surface area (Å²) in [6, 6.07) is 0. The quantitative estimate of drug-likeness (QED) is 0.420. The summed E-state index contributed by atoms with van der Waals surface area (Å²) >= 11 is 4.59. The zero-order valence-electron chi connectivity index (χ0n) is 9.86. The molecule has 0 radical (unpaired) electrons. The normalized spacial score (nSPS) is 19.9. The van der Waals surface area contributed by atoms with Crippen molar-refractivity contribution >= 4 is 29.0 Å². The van der Waals surface area contributed by atoms with E-state index in [0.29, 0.717) is 12.5 Å². The Morgan fingerprint density at radius 1 is 1.41 bits per heavy atom. The highest BCUT2D eigenvalue weighted by atomic mass is 32.1. The van der Waals surface area contributed by atoms with Crippen LogP contribution in [0.15, 0.2) is 0 Å². The number of rotatable bonds is 4. The summed E-state index contributed by atoms with van der Waals surface area (Å²) in [6.45, 7) is 2.57. The van der Waals surface area contributed by atoms with Crippen LogP contribution in [0.3, 0.4) is 0 Å². The van der Waals surface area contributed by atoms with E-state index in [2.05, 4.69) is 27.8 Å². The monoisotopic (exact) mass is 258 g/mol. The molecule has 2 amide bonds. The molecule has 0 spiro atoms. The van der Waals surface area contributed by atoms with Crippen molar-refractivity contribution in [2.45, 2.75) is 6.42 Å². The van der Waals surface area contributed by atoms with Gasteiger partial charge in [-0.25, -0.2) is 0 Å². The second-order valence-corrected chi connectivity index (χ2v) is 4.80. The van der Waals surface area contributed by atoms with Gasteiger partial charge in [0.2, 0.25) is 0 Å². The Balaban J connectivity index is 2.20. The van der Waals surface area contributed by atoms with E-state index in [1.165, 1.54) is 0 Å². The van der Waals surface area contributed by atoms with Crippen molar-refractivity contribution < 1.29 is 9.59 Å². The molecule has 1 aliphatic heterocycles. The molecule has 96 valence electrons. The minimum absolute atomic E-state index is 0.0494. The van der Waals surface area contributed by atoms with Crippen molar-refractivity contribution in [1.82, 2.24) is 15.5 Å². The van der Waals surface area contributed by atoms with E-state index in [1.54, 1.807) is 0 Å². The minimum Gasteiger partial charge on any atom is -0.392 e. The lowest BCUT2D eigenvalue weighted by Crippen LogP contribution is -2.44. The number of nitrogens with two attached hydrogens (primary N) is 1. The van der Waals surface area contributed by atoms with Crippen molar-refractivity contribution in [2.24, 2.45) is 11.7 Å². The average Bonchev–Trinajstić information content (AvgIpc) is 2.68. The smallest absolute Gasteiger partial charge is 0.309 e. The summed E-state index contributed by atoms with van der Waals surface area (Å²) in [5.41, 5.74) is 5.21. The summed E-state index contributed by atoms with van der Waals surface area (Å²) in [5, 5.41) is 4.95. The molecule has 1 rings (SSSR count). The molecule has 0 aromatic heterocycles. The summed E-state index contributed by atoms with van der Waals surface area (Å²) in [6.07, 6.45) is 1.05. The number of amides is 2. The van der Waals surface area contributed by atoms with Crippen LogP contribution in [0.25, 0.3) is 0 Å². The van der Waals surface area contributed by atoms with Crippen LogP contribution in [-0.2, 0) is 9.59 Å². The maximum atomic E-state index is 11.4. The van der Waals surface area contributed by atoms with Crippen LogP contribution in [0.1, 0.15) is 6.42 Å². The van der Waals surface area contributed by atoms with Crippen LogP contribution in [0.2, 0.25) is 0 Å². The van der Waals surface area contributed by atoms with Crippen LogP contribution >= 0.6 is 12.2 Å². The number of hydrogen-bond donors (Lipinski definition) is 3. The van der Waals surface area contributed by atoms with E-state index in [4.69, 9.17) is 5.73 Å². The lowest BCUT2D eigenvalue weighted by atomic mass is 10.1. The first-order chi connectivity index (χ1) is 7.99. The standard InChI is InChI=1S/C10H18N4O2S/c1-14-3-2-7(6-14)4-12-9(15)10(16)13-5-8(11)17/h7H,2-6H2,1H3,(H2,11,17)(H,12,15)(H,13,16). The highest BCUT2D eigenvalue weighted by molar-refractivity contribution is 7.80. The molecule has 1 fully saturated rings. The highest BCUT2D eigenvalue weighted by Gasteiger charge is 2.21. The van der Waals surface area contributed by atoms with Crippen molar-refractivity contribution in [1.29, 1.82) is 0 Å². The molecule has 1 unspecified atom stereocenters. The zero-order valence-corrected chi connectivity index (χ0v) is 10.7. The predicted octanol–water partition coefficient (Wildman–Crippen LogP) is -1.54. The molecule has 0 saturated carbocycles. The van der Waals surface area contributed by atoms with Crippen LogP contribution < -0.4 is 16.4 Å². The molecular weight excluding hydrogens is 240 g/mol. The fraction of sp³-hybridized carbons (Fsp3) is 0.700. The number of carbonyl (C=O) groups is 2. The van der Waals surface area contributed by atoms with Gasteiger partial charge in [0, 0.05) is 13.1 Å². The van der Waals surface area contributed by atoms with Crippen molar-refractivity contribution in [3.05, 3.63) is 0 Å². The van der Waals surface area contributed by atoms with Gasteiger partial charge in [-0.15, -0.1) is 0 Å². The van der Waals surface area contributed by atoms with Gasteiger partial charge in [0.1, 0.15) is 0 Å². The van der Waals surface area contributed by atoms with Crippen LogP contribution in [0.4, 0.5) is 0 Å². The average molecular weight is 258 g/mol. The van der Waals surface area contributed by atoms with Crippen molar-refractivity contribution in [2.75, 3.05) is 33.2 Å². The van der Waals surface area contributed by atoms with Gasteiger partial charge in [-0.1, -0.05) is 12.2 Å². The SMILES string of the molecule is CN1CCC(CNC(=O)C(=O)NCC(N)=S)C1. The van der Waals surface area contributed by atoms with E-state index in [1.807, 2.05) is 7.05 Å². The third kappa shape index (κ3) is 5.10. The zero-order chi connectivity index (χ0) is 12.8. The van der Waals surface area contributed by atoms with Gasteiger partial charge in [-0.3, -0.25) is 9.59 Å². The minimum atomic E-state index is -0.691. The van der Waals surface area contributed by atoms with E-state index in [9.17, 15) is 9.59 Å². The molecule has 1 heterocycles. The Morgan fingerprint density at radius 3 is 2.59 bits per heavy atom. The summed E-state index contributed by atoms with van der Waals surface area (Å²) < 4.78 is 0. The number of nitrogens with one attached hydrogen (secondary N) is 2. The molecule has 1 saturated heterocycles. The maximum absolute atomic E-state index is 11.4. The summed E-state index contributed by atoms with van der Waals surface area (Å²) in [4.78, 5) is 25.0. The Labute approximate surface area is 106 Å². The van der Waals surface area contributed by atoms with Crippen molar-refractivity contribution in [3.63, 3.8) is 0 Å². The Hall–Kier alpha value is -1.21. The molecule has 0 aromatic rings. The molecule has 1 aliphatic rings. The lowest BCUT2D eigenvalue weighted by molar-refractivity contribution is -0.139. The number of hydrogen-bond acceptors (Lipinski definition) is 4. The molecule has 0 aliphatic carbocycles. The largest absolute Gasteiger partial charge is 0.392 e.